The predicted octanol–water partition coefficient (Wildman–Crippen LogP) is 6.81. The van der Waals surface area contributed by atoms with Gasteiger partial charge in [0, 0.05) is 10.2 Å². The zero-order chi connectivity index (χ0) is 25.2. The molecule has 0 aliphatic rings. The molecule has 0 unspecified atom stereocenters. The number of nitrogens with zero attached hydrogens (tertiary/aromatic N) is 3. The third kappa shape index (κ3) is 5.80. The predicted molar refractivity (Wildman–Crippen MR) is 132 cm³/mol. The highest BCUT2D eigenvalue weighted by Crippen LogP contribution is 2.36. The van der Waals surface area contributed by atoms with Crippen LogP contribution in [0.5, 0.6) is 5.75 Å². The third-order valence-electron chi connectivity index (χ3n) is 4.75. The van der Waals surface area contributed by atoms with Gasteiger partial charge in [0.05, 0.1) is 27.6 Å². The first-order valence-electron chi connectivity index (χ1n) is 9.92. The second-order valence-electron chi connectivity index (χ2n) is 7.17. The lowest BCUT2D eigenvalue weighted by Crippen LogP contribution is -2.16. The van der Waals surface area contributed by atoms with Crippen LogP contribution in [0, 0.1) is 0 Å². The van der Waals surface area contributed by atoms with E-state index in [0.717, 1.165) is 34.4 Å². The lowest BCUT2D eigenvalue weighted by atomic mass is 10.2. The fraction of sp³-hybridized carbons (Fsp3) is 0.0870. The highest BCUT2D eigenvalue weighted by atomic mass is 79.9. The van der Waals surface area contributed by atoms with Gasteiger partial charge in [-0.2, -0.15) is 13.2 Å². The van der Waals surface area contributed by atoms with Gasteiger partial charge in [-0.25, -0.2) is 0 Å². The number of para-hydroxylation sites is 1. The monoisotopic (exact) mass is 582 g/mol. The van der Waals surface area contributed by atoms with Crippen LogP contribution in [0.15, 0.2) is 76.4 Å². The average molecular weight is 584 g/mol. The number of amides is 1. The van der Waals surface area contributed by atoms with Gasteiger partial charge in [0.2, 0.25) is 5.91 Å². The molecule has 0 radical (unpaired) electrons. The Hall–Kier alpha value is -3.02. The van der Waals surface area contributed by atoms with Crippen molar-refractivity contribution in [2.75, 3.05) is 11.1 Å². The van der Waals surface area contributed by atoms with Crippen LogP contribution in [-0.4, -0.2) is 31.5 Å². The molecular formula is C23H15BrClF3N4O2S. The van der Waals surface area contributed by atoms with Gasteiger partial charge in [-0.3, -0.25) is 9.36 Å². The minimum Gasteiger partial charge on any atom is -0.507 e. The van der Waals surface area contributed by atoms with E-state index in [-0.39, 0.29) is 22.2 Å². The molecule has 0 saturated carbocycles. The summed E-state index contributed by atoms with van der Waals surface area (Å²) in [5, 5.41) is 21.5. The Morgan fingerprint density at radius 1 is 1.09 bits per heavy atom. The number of aromatic hydroxyl groups is 1. The van der Waals surface area contributed by atoms with E-state index in [0.29, 0.717) is 22.2 Å². The summed E-state index contributed by atoms with van der Waals surface area (Å²) >= 11 is 10.4. The minimum atomic E-state index is -4.57. The second-order valence-corrected chi connectivity index (χ2v) is 9.43. The molecule has 12 heteroatoms. The van der Waals surface area contributed by atoms with E-state index in [4.69, 9.17) is 11.6 Å². The van der Waals surface area contributed by atoms with Crippen molar-refractivity contribution >= 4 is 50.9 Å². The molecule has 0 aliphatic heterocycles. The number of halogens is 5. The van der Waals surface area contributed by atoms with E-state index in [1.54, 1.807) is 16.7 Å². The molecule has 2 N–H and O–H groups in total. The van der Waals surface area contributed by atoms with Crippen molar-refractivity contribution in [2.45, 2.75) is 11.3 Å². The molecule has 4 aromatic rings. The molecule has 6 nitrogen and oxygen atoms in total. The third-order valence-corrected chi connectivity index (χ3v) is 6.50. The SMILES string of the molecule is O=C(CSc1nnc(-c2cc(Br)ccc2O)n1-c1ccccc1)Nc1cc(C(F)(F)F)ccc1Cl. The highest BCUT2D eigenvalue weighted by Gasteiger charge is 2.31. The van der Waals surface area contributed by atoms with Crippen LogP contribution in [0.3, 0.4) is 0 Å². The summed E-state index contributed by atoms with van der Waals surface area (Å²) in [4.78, 5) is 12.5. The lowest BCUT2D eigenvalue weighted by molar-refractivity contribution is -0.137. The number of nitrogens with one attached hydrogen (secondary N) is 1. The lowest BCUT2D eigenvalue weighted by Gasteiger charge is -2.13. The molecule has 1 aromatic heterocycles. The average Bonchev–Trinajstić information content (AvgIpc) is 3.24. The number of hydrogen-bond acceptors (Lipinski definition) is 5. The summed E-state index contributed by atoms with van der Waals surface area (Å²) in [6.07, 6.45) is -4.57. The van der Waals surface area contributed by atoms with Gasteiger partial charge in [-0.15, -0.1) is 10.2 Å². The van der Waals surface area contributed by atoms with Gasteiger partial charge in [0.1, 0.15) is 5.75 Å². The molecule has 0 atom stereocenters. The number of carbonyl (C=O) groups is 1. The van der Waals surface area contributed by atoms with Crippen molar-refractivity contribution < 1.29 is 23.1 Å². The van der Waals surface area contributed by atoms with E-state index >= 15 is 0 Å². The van der Waals surface area contributed by atoms with Crippen molar-refractivity contribution in [2.24, 2.45) is 0 Å². The first-order chi connectivity index (χ1) is 16.6. The number of anilines is 1. The molecule has 35 heavy (non-hydrogen) atoms. The Morgan fingerprint density at radius 3 is 2.54 bits per heavy atom. The van der Waals surface area contributed by atoms with Crippen LogP contribution >= 0.6 is 39.3 Å². The van der Waals surface area contributed by atoms with Crippen LogP contribution in [0.2, 0.25) is 5.02 Å². The zero-order valence-corrected chi connectivity index (χ0v) is 20.7. The number of phenols is 1. The van der Waals surface area contributed by atoms with Crippen molar-refractivity contribution in [3.63, 3.8) is 0 Å². The van der Waals surface area contributed by atoms with Gasteiger partial charge in [0.25, 0.3) is 0 Å². The van der Waals surface area contributed by atoms with Crippen molar-refractivity contribution in [1.82, 2.24) is 14.8 Å². The van der Waals surface area contributed by atoms with Crippen molar-refractivity contribution in [1.29, 1.82) is 0 Å². The summed E-state index contributed by atoms with van der Waals surface area (Å²) < 4.78 is 41.4. The normalized spacial score (nSPS) is 11.5. The summed E-state index contributed by atoms with van der Waals surface area (Å²) in [6.45, 7) is 0. The topological polar surface area (TPSA) is 80.0 Å². The Morgan fingerprint density at radius 2 is 1.83 bits per heavy atom. The zero-order valence-electron chi connectivity index (χ0n) is 17.6. The van der Waals surface area contributed by atoms with Gasteiger partial charge < -0.3 is 10.4 Å². The summed E-state index contributed by atoms with van der Waals surface area (Å²) in [6, 6.07) is 16.7. The quantitative estimate of drug-likeness (QED) is 0.244. The molecule has 0 spiro atoms. The maximum atomic E-state index is 13.0. The number of benzene rings is 3. The fourth-order valence-corrected chi connectivity index (χ4v) is 4.43. The van der Waals surface area contributed by atoms with Gasteiger partial charge in [-0.05, 0) is 48.5 Å². The van der Waals surface area contributed by atoms with E-state index < -0.39 is 17.6 Å². The smallest absolute Gasteiger partial charge is 0.416 e. The molecule has 1 amide bonds. The van der Waals surface area contributed by atoms with Crippen LogP contribution in [0.1, 0.15) is 5.56 Å². The fourth-order valence-electron chi connectivity index (χ4n) is 3.15. The first-order valence-corrected chi connectivity index (χ1v) is 12.1. The number of carbonyl (C=O) groups excluding carboxylic acids is 1. The Labute approximate surface area is 215 Å². The van der Waals surface area contributed by atoms with Crippen molar-refractivity contribution in [3.8, 4) is 22.8 Å². The number of hydrogen-bond donors (Lipinski definition) is 2. The largest absolute Gasteiger partial charge is 0.507 e. The Balaban J connectivity index is 1.60. The van der Waals surface area contributed by atoms with Crippen molar-refractivity contribution in [3.05, 3.63) is 81.8 Å². The number of aromatic nitrogens is 3. The van der Waals surface area contributed by atoms with Gasteiger partial charge >= 0.3 is 6.18 Å². The minimum absolute atomic E-state index is 0.00809. The van der Waals surface area contributed by atoms with Crippen LogP contribution in [0.25, 0.3) is 17.1 Å². The molecule has 0 fully saturated rings. The second kappa shape index (κ2) is 10.3. The number of phenolic OH excluding ortho intramolecular Hbond substituents is 1. The van der Waals surface area contributed by atoms with Crippen LogP contribution < -0.4 is 5.32 Å². The molecule has 3 aromatic carbocycles. The molecule has 180 valence electrons. The number of rotatable bonds is 6. The maximum absolute atomic E-state index is 13.0. The molecular weight excluding hydrogens is 569 g/mol. The van der Waals surface area contributed by atoms with E-state index in [2.05, 4.69) is 31.4 Å². The molecule has 4 rings (SSSR count). The molecule has 0 saturated heterocycles. The summed E-state index contributed by atoms with van der Waals surface area (Å²) in [5.41, 5.74) is 0.0435. The van der Waals surface area contributed by atoms with Gasteiger partial charge in [0.15, 0.2) is 11.0 Å². The summed E-state index contributed by atoms with van der Waals surface area (Å²) in [5.74, 6) is -0.419. The Kier molecular flexibility index (Phi) is 7.39. The van der Waals surface area contributed by atoms with E-state index in [1.165, 1.54) is 6.07 Å². The Bertz CT molecular complexity index is 1380. The first kappa shape index (κ1) is 25.1. The summed E-state index contributed by atoms with van der Waals surface area (Å²) in [7, 11) is 0. The number of thioether (sulfide) groups is 1. The number of alkyl halides is 3. The molecule has 0 aliphatic carbocycles. The van der Waals surface area contributed by atoms with Gasteiger partial charge in [-0.1, -0.05) is 57.5 Å². The standard InChI is InChI=1S/C23H15BrClF3N4O2S/c24-14-7-9-19(33)16(11-14)21-30-31-22(32(21)15-4-2-1-3-5-15)35-12-20(34)29-18-10-13(23(26,27)28)6-8-17(18)25/h1-11,33H,12H2,(H,29,34). The van der Waals surface area contributed by atoms with E-state index in [1.807, 2.05) is 30.3 Å². The highest BCUT2D eigenvalue weighted by molar-refractivity contribution is 9.10. The van der Waals surface area contributed by atoms with E-state index in [9.17, 15) is 23.1 Å². The molecule has 0 bridgehead atoms. The van der Waals surface area contributed by atoms with Crippen LogP contribution in [-0.2, 0) is 11.0 Å². The van der Waals surface area contributed by atoms with Crippen LogP contribution in [0.4, 0.5) is 18.9 Å². The molecule has 1 heterocycles. The maximum Gasteiger partial charge on any atom is 0.416 e.